The number of hydrogen-bond acceptors (Lipinski definition) is 2. The molecule has 0 aromatic carbocycles. The average Bonchev–Trinajstić information content (AvgIpc) is 2.98. The van der Waals surface area contributed by atoms with Gasteiger partial charge in [-0.15, -0.1) is 0 Å². The Balaban J connectivity index is 3.02. The fourth-order valence-corrected chi connectivity index (χ4v) is 5.97. The number of hydrogen-bond donors (Lipinski definition) is 0. The molecular weight excluding hydrogens is 500 g/mol. The highest BCUT2D eigenvalue weighted by Crippen LogP contribution is 2.15. The van der Waals surface area contributed by atoms with E-state index in [2.05, 4.69) is 13.8 Å². The number of ether oxygens (including phenoxy) is 2. The molecule has 2 nitrogen and oxygen atoms in total. The van der Waals surface area contributed by atoms with Crippen LogP contribution in [0.15, 0.2) is 0 Å². The zero-order chi connectivity index (χ0) is 29.6. The molecule has 0 rings (SSSR count). The molecule has 0 radical (unpaired) electrons. The third kappa shape index (κ3) is 39.9. The summed E-state index contributed by atoms with van der Waals surface area (Å²) >= 11 is 0. The Morgan fingerprint density at radius 1 is 0.195 bits per heavy atom. The van der Waals surface area contributed by atoms with E-state index < -0.39 is 0 Å². The van der Waals surface area contributed by atoms with Crippen molar-refractivity contribution in [2.45, 2.75) is 226 Å². The fraction of sp³-hybridized carbons (Fsp3) is 1.00. The molecule has 0 aliphatic carbocycles. The minimum absolute atomic E-state index is 0.873. The molecule has 0 N–H and O–H groups in total. The summed E-state index contributed by atoms with van der Waals surface area (Å²) in [5.74, 6) is 0. The quantitative estimate of drug-likeness (QED) is 0.0676. The minimum atomic E-state index is 0.873. The topological polar surface area (TPSA) is 18.5 Å². The molecule has 0 bridgehead atoms. The summed E-state index contributed by atoms with van der Waals surface area (Å²) < 4.78 is 11.6. The number of rotatable bonds is 38. The lowest BCUT2D eigenvalue weighted by Gasteiger charge is -2.06. The van der Waals surface area contributed by atoms with Gasteiger partial charge >= 0.3 is 0 Å². The van der Waals surface area contributed by atoms with Gasteiger partial charge in [-0.25, -0.2) is 0 Å². The molecular formula is C39H80O2. The summed E-state index contributed by atoms with van der Waals surface area (Å²) in [6.07, 6.45) is 46.6. The molecule has 248 valence electrons. The van der Waals surface area contributed by atoms with Gasteiger partial charge in [-0.2, -0.15) is 0 Å². The van der Waals surface area contributed by atoms with Crippen LogP contribution in [0.3, 0.4) is 0 Å². The third-order valence-corrected chi connectivity index (χ3v) is 8.86. The molecule has 0 aromatic heterocycles. The molecule has 2 heteroatoms. The van der Waals surface area contributed by atoms with E-state index in [1.54, 1.807) is 0 Å². The second-order valence-corrected chi connectivity index (χ2v) is 13.2. The molecule has 0 saturated heterocycles. The predicted octanol–water partition coefficient (Wildman–Crippen LogP) is 13.9. The molecule has 0 aliphatic rings. The van der Waals surface area contributed by atoms with Crippen LogP contribution in [0.5, 0.6) is 0 Å². The van der Waals surface area contributed by atoms with Crippen molar-refractivity contribution in [3.05, 3.63) is 0 Å². The first-order valence-electron chi connectivity index (χ1n) is 19.6. The van der Waals surface area contributed by atoms with E-state index in [4.69, 9.17) is 9.47 Å². The second-order valence-electron chi connectivity index (χ2n) is 13.2. The summed E-state index contributed by atoms with van der Waals surface area (Å²) in [5.41, 5.74) is 0. The highest BCUT2D eigenvalue weighted by atomic mass is 16.5. The Kier molecular flexibility index (Phi) is 39.8. The lowest BCUT2D eigenvalue weighted by Crippen LogP contribution is -2.03. The van der Waals surface area contributed by atoms with Crippen molar-refractivity contribution in [2.24, 2.45) is 0 Å². The molecule has 0 saturated carbocycles. The molecule has 0 spiro atoms. The van der Waals surface area contributed by atoms with Gasteiger partial charge in [-0.1, -0.05) is 206 Å². The largest absolute Gasteiger partial charge is 0.381 e. The zero-order valence-corrected chi connectivity index (χ0v) is 29.0. The van der Waals surface area contributed by atoms with E-state index in [1.165, 1.54) is 205 Å². The fourth-order valence-electron chi connectivity index (χ4n) is 5.97. The van der Waals surface area contributed by atoms with Crippen molar-refractivity contribution in [1.82, 2.24) is 0 Å². The molecule has 0 atom stereocenters. The van der Waals surface area contributed by atoms with Gasteiger partial charge in [0.1, 0.15) is 0 Å². The maximum Gasteiger partial charge on any atom is 0.0487 e. The molecule has 0 aliphatic heterocycles. The standard InChI is InChI=1S/C39H80O2/c1-3-5-7-9-11-13-15-17-19-21-23-25-27-29-31-33-36-40-38-35-39-41-37-34-32-30-28-26-24-22-20-18-16-14-12-10-8-6-4-2/h3-39H2,1-2H3. The van der Waals surface area contributed by atoms with Gasteiger partial charge in [0, 0.05) is 26.4 Å². The first kappa shape index (κ1) is 40.9. The highest BCUT2D eigenvalue weighted by Gasteiger charge is 1.97. The summed E-state index contributed by atoms with van der Waals surface area (Å²) in [6, 6.07) is 0. The normalized spacial score (nSPS) is 11.6. The first-order chi connectivity index (χ1) is 20.4. The Morgan fingerprint density at radius 3 is 0.585 bits per heavy atom. The molecule has 0 heterocycles. The SMILES string of the molecule is CCCCCCCCCCCCCCCCCCOCCCOCCCCCCCCCCCCCCCCCC. The van der Waals surface area contributed by atoms with Gasteiger partial charge in [0.15, 0.2) is 0 Å². The lowest BCUT2D eigenvalue weighted by atomic mass is 10.0. The van der Waals surface area contributed by atoms with Crippen molar-refractivity contribution in [3.8, 4) is 0 Å². The van der Waals surface area contributed by atoms with Gasteiger partial charge in [0.05, 0.1) is 0 Å². The number of unbranched alkanes of at least 4 members (excludes halogenated alkanes) is 30. The Morgan fingerprint density at radius 2 is 0.366 bits per heavy atom. The summed E-state index contributed by atoms with van der Waals surface area (Å²) in [4.78, 5) is 0. The predicted molar refractivity (Wildman–Crippen MR) is 185 cm³/mol. The van der Waals surface area contributed by atoms with E-state index in [0.717, 1.165) is 32.8 Å². The van der Waals surface area contributed by atoms with Gasteiger partial charge in [-0.05, 0) is 19.3 Å². The Labute approximate surface area is 261 Å². The van der Waals surface area contributed by atoms with E-state index in [9.17, 15) is 0 Å². The van der Waals surface area contributed by atoms with Crippen LogP contribution in [0.25, 0.3) is 0 Å². The second kappa shape index (κ2) is 39.9. The smallest absolute Gasteiger partial charge is 0.0487 e. The maximum atomic E-state index is 5.81. The van der Waals surface area contributed by atoms with Crippen LogP contribution in [0.1, 0.15) is 226 Å². The molecule has 0 fully saturated rings. The Bertz CT molecular complexity index is 386. The van der Waals surface area contributed by atoms with Crippen LogP contribution >= 0.6 is 0 Å². The molecule has 0 unspecified atom stereocenters. The first-order valence-corrected chi connectivity index (χ1v) is 19.6. The molecule has 0 aromatic rings. The average molecular weight is 581 g/mol. The minimum Gasteiger partial charge on any atom is -0.381 e. The lowest BCUT2D eigenvalue weighted by molar-refractivity contribution is 0.0794. The summed E-state index contributed by atoms with van der Waals surface area (Å²) in [5, 5.41) is 0. The van der Waals surface area contributed by atoms with Crippen LogP contribution in [-0.4, -0.2) is 26.4 Å². The van der Waals surface area contributed by atoms with Gasteiger partial charge in [0.2, 0.25) is 0 Å². The van der Waals surface area contributed by atoms with Crippen LogP contribution in [0.4, 0.5) is 0 Å². The van der Waals surface area contributed by atoms with Crippen molar-refractivity contribution in [1.29, 1.82) is 0 Å². The highest BCUT2D eigenvalue weighted by molar-refractivity contribution is 4.52. The van der Waals surface area contributed by atoms with Crippen molar-refractivity contribution < 1.29 is 9.47 Å². The van der Waals surface area contributed by atoms with E-state index in [0.29, 0.717) is 0 Å². The van der Waals surface area contributed by atoms with E-state index in [1.807, 2.05) is 0 Å². The van der Waals surface area contributed by atoms with Crippen LogP contribution in [0.2, 0.25) is 0 Å². The van der Waals surface area contributed by atoms with Gasteiger partial charge in [-0.3, -0.25) is 0 Å². The van der Waals surface area contributed by atoms with Gasteiger partial charge in [0.25, 0.3) is 0 Å². The monoisotopic (exact) mass is 581 g/mol. The Hall–Kier alpha value is -0.0800. The van der Waals surface area contributed by atoms with E-state index >= 15 is 0 Å². The van der Waals surface area contributed by atoms with Gasteiger partial charge < -0.3 is 9.47 Å². The van der Waals surface area contributed by atoms with Crippen molar-refractivity contribution in [2.75, 3.05) is 26.4 Å². The van der Waals surface area contributed by atoms with E-state index in [-0.39, 0.29) is 0 Å². The molecule has 0 amide bonds. The van der Waals surface area contributed by atoms with Crippen LogP contribution in [-0.2, 0) is 9.47 Å². The zero-order valence-electron chi connectivity index (χ0n) is 29.0. The summed E-state index contributed by atoms with van der Waals surface area (Å²) in [6.45, 7) is 8.23. The van der Waals surface area contributed by atoms with Crippen molar-refractivity contribution >= 4 is 0 Å². The maximum absolute atomic E-state index is 5.81. The summed E-state index contributed by atoms with van der Waals surface area (Å²) in [7, 11) is 0. The van der Waals surface area contributed by atoms with Crippen molar-refractivity contribution in [3.63, 3.8) is 0 Å². The van der Waals surface area contributed by atoms with Crippen LogP contribution < -0.4 is 0 Å². The molecule has 41 heavy (non-hydrogen) atoms. The third-order valence-electron chi connectivity index (χ3n) is 8.86. The van der Waals surface area contributed by atoms with Crippen LogP contribution in [0, 0.1) is 0 Å².